The fourth-order valence-corrected chi connectivity index (χ4v) is 8.86. The molecule has 47 heavy (non-hydrogen) atoms. The van der Waals surface area contributed by atoms with E-state index in [1.54, 1.807) is 6.08 Å². The Morgan fingerprint density at radius 2 is 1.36 bits per heavy atom. The zero-order chi connectivity index (χ0) is 32.9. The zero-order valence-corrected chi connectivity index (χ0v) is 28.6. The van der Waals surface area contributed by atoms with Crippen molar-refractivity contribution >= 4 is 18.0 Å². The summed E-state index contributed by atoms with van der Waals surface area (Å²) in [7, 11) is 0. The zero-order valence-electron chi connectivity index (χ0n) is 28.6. The second kappa shape index (κ2) is 17.7. The molecule has 0 heterocycles. The van der Waals surface area contributed by atoms with E-state index in [1.165, 1.54) is 88.7 Å². The van der Waals surface area contributed by atoms with Crippen LogP contribution in [-0.4, -0.2) is 17.0 Å². The second-order valence-electron chi connectivity index (χ2n) is 14.7. The van der Waals surface area contributed by atoms with Gasteiger partial charge in [-0.15, -0.1) is 0 Å². The largest absolute Gasteiger partial charge is 0.478 e. The fraction of sp³-hybridized carbons (Fsp3) is 0.535. The molecular formula is C43H56O4. The van der Waals surface area contributed by atoms with Crippen molar-refractivity contribution in [2.24, 2.45) is 17.8 Å². The molecular weight excluding hydrogens is 580 g/mol. The van der Waals surface area contributed by atoms with Crippen molar-refractivity contribution in [1.29, 1.82) is 0 Å². The number of carbonyl (C=O) groups is 2. The lowest BCUT2D eigenvalue weighted by molar-refractivity contribution is -0.134. The summed E-state index contributed by atoms with van der Waals surface area (Å²) in [4.78, 5) is 24.1. The van der Waals surface area contributed by atoms with Gasteiger partial charge in [-0.1, -0.05) is 93.7 Å². The number of aliphatic carboxylic acids is 1. The van der Waals surface area contributed by atoms with Gasteiger partial charge >= 0.3 is 11.9 Å². The van der Waals surface area contributed by atoms with Crippen molar-refractivity contribution in [3.05, 3.63) is 84.0 Å². The number of carboxylic acid groups (broad SMARTS) is 1. The summed E-state index contributed by atoms with van der Waals surface area (Å²) >= 11 is 0. The van der Waals surface area contributed by atoms with E-state index in [-0.39, 0.29) is 11.4 Å². The van der Waals surface area contributed by atoms with Crippen LogP contribution in [-0.2, 0) is 15.0 Å². The Kier molecular flexibility index (Phi) is 13.1. The molecule has 4 nitrogen and oxygen atoms in total. The highest BCUT2D eigenvalue weighted by Gasteiger charge is 2.52. The first-order chi connectivity index (χ1) is 22.9. The molecule has 4 heteroatoms. The van der Waals surface area contributed by atoms with E-state index in [0.29, 0.717) is 6.42 Å². The van der Waals surface area contributed by atoms with Gasteiger partial charge in [-0.3, -0.25) is 4.79 Å². The van der Waals surface area contributed by atoms with Crippen LogP contribution in [0.25, 0.3) is 17.2 Å². The van der Waals surface area contributed by atoms with Crippen LogP contribution < -0.4 is 4.74 Å². The average molecular weight is 637 g/mol. The van der Waals surface area contributed by atoms with Gasteiger partial charge in [-0.25, -0.2) is 4.79 Å². The van der Waals surface area contributed by atoms with E-state index in [1.807, 2.05) is 18.2 Å². The van der Waals surface area contributed by atoms with Gasteiger partial charge in [-0.05, 0) is 135 Å². The third-order valence-electron chi connectivity index (χ3n) is 10.8. The van der Waals surface area contributed by atoms with Crippen LogP contribution in [0.5, 0.6) is 5.75 Å². The van der Waals surface area contributed by atoms with Gasteiger partial charge in [0.05, 0.1) is 0 Å². The highest BCUT2D eigenvalue weighted by molar-refractivity contribution is 5.85. The Balaban J connectivity index is 1.13. The van der Waals surface area contributed by atoms with E-state index in [4.69, 9.17) is 9.84 Å². The van der Waals surface area contributed by atoms with Gasteiger partial charge in [0.1, 0.15) is 5.75 Å². The molecule has 4 fully saturated rings. The van der Waals surface area contributed by atoms with E-state index in [0.717, 1.165) is 72.3 Å². The minimum Gasteiger partial charge on any atom is -0.478 e. The first kappa shape index (κ1) is 34.9. The first-order valence-electron chi connectivity index (χ1n) is 18.6. The molecule has 2 aromatic carbocycles. The number of esters is 1. The number of allylic oxidation sites excluding steroid dienone is 4. The molecule has 0 atom stereocenters. The van der Waals surface area contributed by atoms with Crippen molar-refractivity contribution in [3.8, 4) is 16.9 Å². The molecule has 4 saturated carbocycles. The minimum absolute atomic E-state index is 0.101. The van der Waals surface area contributed by atoms with Crippen LogP contribution in [0.3, 0.4) is 0 Å². The molecule has 6 rings (SSSR count). The lowest BCUT2D eigenvalue weighted by atomic mass is 9.48. The first-order valence-corrected chi connectivity index (χ1v) is 18.6. The van der Waals surface area contributed by atoms with Crippen LogP contribution in [0.4, 0.5) is 0 Å². The Morgan fingerprint density at radius 1 is 0.766 bits per heavy atom. The predicted molar refractivity (Wildman–Crippen MR) is 193 cm³/mol. The second-order valence-corrected chi connectivity index (χ2v) is 14.7. The van der Waals surface area contributed by atoms with E-state index in [9.17, 15) is 9.59 Å². The molecule has 0 radical (unpaired) electrons. The lowest BCUT2D eigenvalue weighted by Crippen LogP contribution is -2.48. The van der Waals surface area contributed by atoms with E-state index in [2.05, 4.69) is 55.5 Å². The topological polar surface area (TPSA) is 63.6 Å². The molecule has 0 unspecified atom stereocenters. The number of benzene rings is 2. The van der Waals surface area contributed by atoms with Crippen LogP contribution in [0.15, 0.2) is 72.8 Å². The van der Waals surface area contributed by atoms with Gasteiger partial charge in [0.2, 0.25) is 0 Å². The number of hydrogen-bond donors (Lipinski definition) is 1. The van der Waals surface area contributed by atoms with Crippen molar-refractivity contribution in [3.63, 3.8) is 0 Å². The van der Waals surface area contributed by atoms with Crippen LogP contribution in [0.1, 0.15) is 134 Å². The van der Waals surface area contributed by atoms with Gasteiger partial charge < -0.3 is 9.84 Å². The molecule has 0 amide bonds. The minimum atomic E-state index is -0.949. The highest BCUT2D eigenvalue weighted by atomic mass is 16.5. The molecule has 4 aliphatic carbocycles. The van der Waals surface area contributed by atoms with Crippen molar-refractivity contribution in [2.75, 3.05) is 0 Å². The van der Waals surface area contributed by atoms with Gasteiger partial charge in [0.15, 0.2) is 0 Å². The third-order valence-corrected chi connectivity index (χ3v) is 10.8. The third kappa shape index (κ3) is 10.3. The average Bonchev–Trinajstić information content (AvgIpc) is 3.05. The van der Waals surface area contributed by atoms with Crippen LogP contribution >= 0.6 is 0 Å². The van der Waals surface area contributed by atoms with E-state index >= 15 is 0 Å². The number of carboxylic acids is 1. The van der Waals surface area contributed by atoms with Crippen LogP contribution in [0, 0.1) is 17.8 Å². The summed E-state index contributed by atoms with van der Waals surface area (Å²) in [5.74, 6) is 2.09. The molecule has 1 N–H and O–H groups in total. The summed E-state index contributed by atoms with van der Waals surface area (Å²) in [5, 5.41) is 8.97. The maximum Gasteiger partial charge on any atom is 0.328 e. The number of ether oxygens (including phenoxy) is 1. The molecule has 252 valence electrons. The number of rotatable bonds is 19. The molecule has 0 spiro atoms. The highest BCUT2D eigenvalue weighted by Crippen LogP contribution is 2.62. The Morgan fingerprint density at radius 3 is 2.00 bits per heavy atom. The van der Waals surface area contributed by atoms with Gasteiger partial charge in [0.25, 0.3) is 0 Å². The van der Waals surface area contributed by atoms with Crippen molar-refractivity contribution in [1.82, 2.24) is 0 Å². The maximum absolute atomic E-state index is 13.1. The maximum atomic E-state index is 13.1. The summed E-state index contributed by atoms with van der Waals surface area (Å²) in [6.07, 6.45) is 33.0. The Bertz CT molecular complexity index is 1360. The number of carbonyl (C=O) groups excluding carboxylic acids is 1. The van der Waals surface area contributed by atoms with Crippen molar-refractivity contribution < 1.29 is 19.4 Å². The SMILES string of the molecule is CCCCC/C=C/C/C=C/CCCCCCCC(=O)Oc1ccc(-c2ccc(/C=C/C(=O)O)cc2)cc1C12CC3CC(CC(C3)C1)C2. The van der Waals surface area contributed by atoms with Crippen molar-refractivity contribution in [2.45, 2.75) is 128 Å². The van der Waals surface area contributed by atoms with Gasteiger partial charge in [0, 0.05) is 18.1 Å². The predicted octanol–water partition coefficient (Wildman–Crippen LogP) is 11.6. The molecule has 2 aromatic rings. The number of hydrogen-bond acceptors (Lipinski definition) is 3. The summed E-state index contributed by atoms with van der Waals surface area (Å²) in [5.41, 5.74) is 4.40. The van der Waals surface area contributed by atoms with Crippen LogP contribution in [0.2, 0.25) is 0 Å². The summed E-state index contributed by atoms with van der Waals surface area (Å²) < 4.78 is 6.20. The summed E-state index contributed by atoms with van der Waals surface area (Å²) in [6, 6.07) is 14.4. The molecule has 0 saturated heterocycles. The molecule has 0 aromatic heterocycles. The monoisotopic (exact) mass is 636 g/mol. The summed E-state index contributed by atoms with van der Waals surface area (Å²) in [6.45, 7) is 2.25. The smallest absolute Gasteiger partial charge is 0.328 e. The Labute approximate surface area is 283 Å². The van der Waals surface area contributed by atoms with Gasteiger partial charge in [-0.2, -0.15) is 0 Å². The molecule has 0 aliphatic heterocycles. The van der Waals surface area contributed by atoms with E-state index < -0.39 is 5.97 Å². The quantitative estimate of drug-likeness (QED) is 0.0548. The molecule has 4 aliphatic rings. The Hall–Kier alpha value is -3.40. The number of unbranched alkanes of at least 4 members (excludes halogenated alkanes) is 8. The standard InChI is InChI=1S/C43H56O4/c1-2-3-4-5-6-7-8-9-10-11-12-13-14-15-16-17-42(46)47-40-24-23-38(37-21-18-33(19-22-37)20-25-41(44)45)29-39(40)43-30-34-26-35(31-43)28-36(27-34)32-43/h6-7,9-10,18-25,29,34-36H,2-5,8,11-17,26-28,30-32H2,1H3,(H,44,45)/b7-6+,10-9+,25-20+. The lowest BCUT2D eigenvalue weighted by Gasteiger charge is -2.57. The fourth-order valence-electron chi connectivity index (χ4n) is 8.86. The normalized spacial score (nSPS) is 23.4. The molecule has 4 bridgehead atoms.